The Labute approximate surface area is 263 Å². The maximum Gasteiger partial charge on any atom is 0.407 e. The molecule has 3 amide bonds. The van der Waals surface area contributed by atoms with Gasteiger partial charge in [0.05, 0.1) is 17.8 Å². The van der Waals surface area contributed by atoms with E-state index in [1.165, 1.54) is 4.90 Å². The molecule has 2 aromatic heterocycles. The number of anilines is 1. The zero-order chi connectivity index (χ0) is 32.9. The summed E-state index contributed by atoms with van der Waals surface area (Å²) in [5, 5.41) is 27.5. The van der Waals surface area contributed by atoms with Crippen molar-refractivity contribution in [1.29, 1.82) is 0 Å². The maximum atomic E-state index is 13.9. The van der Waals surface area contributed by atoms with Gasteiger partial charge in [-0.3, -0.25) is 14.3 Å². The molecule has 1 saturated heterocycles. The molecular formula is C32H45N7O6. The highest BCUT2D eigenvalue weighted by atomic mass is 16.6. The molecule has 13 nitrogen and oxygen atoms in total. The van der Waals surface area contributed by atoms with E-state index in [9.17, 15) is 19.5 Å². The van der Waals surface area contributed by atoms with Crippen LogP contribution in [-0.4, -0.2) is 80.2 Å². The van der Waals surface area contributed by atoms with Crippen molar-refractivity contribution < 1.29 is 28.8 Å². The number of ether oxygens (including phenoxy) is 1. The van der Waals surface area contributed by atoms with Gasteiger partial charge < -0.3 is 35.2 Å². The van der Waals surface area contributed by atoms with Crippen molar-refractivity contribution in [3.63, 3.8) is 0 Å². The molecule has 0 radical (unpaired) electrons. The second-order valence-electron chi connectivity index (χ2n) is 12.8. The first-order valence-electron chi connectivity index (χ1n) is 15.3. The summed E-state index contributed by atoms with van der Waals surface area (Å²) in [6.45, 7) is 11.7. The molecule has 1 aliphatic rings. The predicted octanol–water partition coefficient (Wildman–Crippen LogP) is 3.59. The van der Waals surface area contributed by atoms with Gasteiger partial charge in [-0.25, -0.2) is 4.79 Å². The largest absolute Gasteiger partial charge is 0.444 e. The van der Waals surface area contributed by atoms with Gasteiger partial charge in [-0.2, -0.15) is 5.10 Å². The standard InChI is InChI=1S/C32H45N7O6/c1-19(2)28(26-17-27(37-45-26)33-14-15-34-31(43)44-32(4,5)6)30(42)39-18-23(40)16-25(39)29(41)36-20(3)21-8-10-22(11-9-21)24-12-13-35-38(24)7/h8-13,17,19-20,23,25,28,40H,14-16,18H2,1-7H3,(H,33,37)(H,34,43)(H,36,41)/t20-,23+,25-,28+/m0/s1. The second-order valence-corrected chi connectivity index (χ2v) is 12.8. The lowest BCUT2D eigenvalue weighted by Crippen LogP contribution is -2.48. The average Bonchev–Trinajstić information content (AvgIpc) is 3.70. The van der Waals surface area contributed by atoms with Crippen molar-refractivity contribution in [3.05, 3.63) is 53.9 Å². The zero-order valence-corrected chi connectivity index (χ0v) is 27.0. The number of amides is 3. The molecule has 4 atom stereocenters. The van der Waals surface area contributed by atoms with E-state index >= 15 is 0 Å². The topological polar surface area (TPSA) is 164 Å². The molecule has 4 rings (SSSR count). The van der Waals surface area contributed by atoms with Crippen LogP contribution in [0.15, 0.2) is 47.1 Å². The van der Waals surface area contributed by atoms with Crippen LogP contribution in [0.2, 0.25) is 0 Å². The number of likely N-dealkylation sites (tertiary alicyclic amines) is 1. The molecule has 0 saturated carbocycles. The lowest BCUT2D eigenvalue weighted by Gasteiger charge is -2.29. The summed E-state index contributed by atoms with van der Waals surface area (Å²) in [5.41, 5.74) is 2.31. The number of aliphatic hydroxyl groups excluding tert-OH is 1. The molecule has 3 aromatic rings. The summed E-state index contributed by atoms with van der Waals surface area (Å²) in [6.07, 6.45) is 0.541. The molecule has 3 heterocycles. The normalized spacial score (nSPS) is 18.0. The third-order valence-electron chi connectivity index (χ3n) is 7.62. The van der Waals surface area contributed by atoms with Gasteiger partial charge in [0.1, 0.15) is 17.6 Å². The minimum absolute atomic E-state index is 0.0451. The Morgan fingerprint density at radius 2 is 1.82 bits per heavy atom. The number of β-amino-alcohol motifs (C(OH)–C–C–N with tert-alkyl or cyclic N) is 1. The smallest absolute Gasteiger partial charge is 0.407 e. The average molecular weight is 624 g/mol. The van der Waals surface area contributed by atoms with E-state index in [2.05, 4.69) is 26.2 Å². The van der Waals surface area contributed by atoms with Crippen LogP contribution >= 0.6 is 0 Å². The highest BCUT2D eigenvalue weighted by Gasteiger charge is 2.43. The number of nitrogens with zero attached hydrogens (tertiary/aromatic N) is 4. The molecule has 0 aliphatic carbocycles. The summed E-state index contributed by atoms with van der Waals surface area (Å²) in [7, 11) is 1.88. The number of hydrogen-bond acceptors (Lipinski definition) is 9. The van der Waals surface area contributed by atoms with E-state index < -0.39 is 29.8 Å². The highest BCUT2D eigenvalue weighted by Crippen LogP contribution is 2.32. The molecule has 0 bridgehead atoms. The van der Waals surface area contributed by atoms with Crippen LogP contribution in [0.25, 0.3) is 11.3 Å². The molecule has 1 aliphatic heterocycles. The van der Waals surface area contributed by atoms with E-state index in [0.29, 0.717) is 24.7 Å². The molecule has 13 heteroatoms. The third-order valence-corrected chi connectivity index (χ3v) is 7.62. The number of benzene rings is 1. The van der Waals surface area contributed by atoms with E-state index in [1.54, 1.807) is 37.7 Å². The van der Waals surface area contributed by atoms with Crippen LogP contribution in [0.3, 0.4) is 0 Å². The van der Waals surface area contributed by atoms with Crippen LogP contribution in [0.1, 0.15) is 71.2 Å². The van der Waals surface area contributed by atoms with Crippen molar-refractivity contribution in [2.24, 2.45) is 13.0 Å². The molecule has 244 valence electrons. The van der Waals surface area contributed by atoms with Gasteiger partial charge >= 0.3 is 6.09 Å². The lowest BCUT2D eigenvalue weighted by atomic mass is 9.91. The van der Waals surface area contributed by atoms with Crippen LogP contribution in [-0.2, 0) is 21.4 Å². The van der Waals surface area contributed by atoms with Crippen molar-refractivity contribution in [2.75, 3.05) is 25.0 Å². The quantitative estimate of drug-likeness (QED) is 0.234. The Kier molecular flexibility index (Phi) is 10.5. The van der Waals surface area contributed by atoms with Gasteiger partial charge in [-0.05, 0) is 50.8 Å². The fourth-order valence-corrected chi connectivity index (χ4v) is 5.40. The SMILES string of the molecule is CC(C)[C@@H](C(=O)N1C[C@H](O)C[C@H]1C(=O)N[C@@H](C)c1ccc(-c2ccnn2C)cc1)c1cc(NCCNC(=O)OC(C)(C)C)no1. The van der Waals surface area contributed by atoms with Gasteiger partial charge in [0.15, 0.2) is 11.6 Å². The number of aryl methyl sites for hydroxylation is 1. The van der Waals surface area contributed by atoms with Crippen molar-refractivity contribution in [3.8, 4) is 11.3 Å². The third kappa shape index (κ3) is 8.62. The first-order valence-corrected chi connectivity index (χ1v) is 15.3. The number of aliphatic hydroxyl groups is 1. The lowest BCUT2D eigenvalue weighted by molar-refractivity contribution is -0.141. The predicted molar refractivity (Wildman–Crippen MR) is 168 cm³/mol. The van der Waals surface area contributed by atoms with E-state index in [0.717, 1.165) is 16.8 Å². The number of carbonyl (C=O) groups excluding carboxylic acids is 3. The highest BCUT2D eigenvalue weighted by molar-refractivity contribution is 5.91. The number of hydrogen-bond donors (Lipinski definition) is 4. The van der Waals surface area contributed by atoms with Gasteiger partial charge in [-0.1, -0.05) is 43.3 Å². The Hall–Kier alpha value is -4.39. The number of aromatic nitrogens is 3. The van der Waals surface area contributed by atoms with Gasteiger partial charge in [0.2, 0.25) is 11.8 Å². The van der Waals surface area contributed by atoms with E-state index in [-0.39, 0.29) is 36.7 Å². The number of nitrogens with one attached hydrogen (secondary N) is 3. The molecule has 45 heavy (non-hydrogen) atoms. The van der Waals surface area contributed by atoms with Crippen LogP contribution in [0.4, 0.5) is 10.6 Å². The Morgan fingerprint density at radius 1 is 1.11 bits per heavy atom. The Balaban J connectivity index is 1.37. The zero-order valence-electron chi connectivity index (χ0n) is 27.0. The van der Waals surface area contributed by atoms with Crippen LogP contribution < -0.4 is 16.0 Å². The van der Waals surface area contributed by atoms with Crippen molar-refractivity contribution in [2.45, 2.75) is 77.7 Å². The summed E-state index contributed by atoms with van der Waals surface area (Å²) >= 11 is 0. The molecule has 1 aromatic carbocycles. The summed E-state index contributed by atoms with van der Waals surface area (Å²) in [4.78, 5) is 40.7. The molecule has 0 spiro atoms. The van der Waals surface area contributed by atoms with Gasteiger partial charge in [0, 0.05) is 45.4 Å². The van der Waals surface area contributed by atoms with E-state index in [4.69, 9.17) is 9.26 Å². The molecule has 4 N–H and O–H groups in total. The second kappa shape index (κ2) is 14.1. The number of carbonyl (C=O) groups is 3. The summed E-state index contributed by atoms with van der Waals surface area (Å²) in [5.74, 6) is -0.781. The number of rotatable bonds is 11. The minimum Gasteiger partial charge on any atom is -0.444 e. The van der Waals surface area contributed by atoms with Crippen molar-refractivity contribution in [1.82, 2.24) is 30.5 Å². The summed E-state index contributed by atoms with van der Waals surface area (Å²) in [6, 6.07) is 10.3. The summed E-state index contributed by atoms with van der Waals surface area (Å²) < 4.78 is 12.6. The van der Waals surface area contributed by atoms with E-state index in [1.807, 2.05) is 58.2 Å². The minimum atomic E-state index is -0.829. The molecule has 1 fully saturated rings. The molecule has 0 unspecified atom stereocenters. The fourth-order valence-electron chi connectivity index (χ4n) is 5.40. The maximum absolute atomic E-state index is 13.9. The monoisotopic (exact) mass is 623 g/mol. The number of alkyl carbamates (subject to hydrolysis) is 1. The first-order chi connectivity index (χ1) is 21.2. The Bertz CT molecular complexity index is 1460. The van der Waals surface area contributed by atoms with Gasteiger partial charge in [-0.15, -0.1) is 0 Å². The molecular weight excluding hydrogens is 578 g/mol. The van der Waals surface area contributed by atoms with Crippen LogP contribution in [0, 0.1) is 5.92 Å². The Morgan fingerprint density at radius 3 is 2.44 bits per heavy atom. The van der Waals surface area contributed by atoms with Crippen LogP contribution in [0.5, 0.6) is 0 Å². The fraction of sp³-hybridized carbons (Fsp3) is 0.531. The van der Waals surface area contributed by atoms with Crippen molar-refractivity contribution >= 4 is 23.7 Å². The van der Waals surface area contributed by atoms with Gasteiger partial charge in [0.25, 0.3) is 0 Å². The first kappa shape index (κ1) is 33.5.